The molecular weight excluding hydrogens is 360 g/mol. The van der Waals surface area contributed by atoms with Gasteiger partial charge in [0.25, 0.3) is 0 Å². The van der Waals surface area contributed by atoms with E-state index in [2.05, 4.69) is 20.8 Å². The standard InChI is InChI=1S/C30H62/c1-4-7-10-13-16-18-20-23-26-29-30(27-24-21-15-12-9-6-3)28-25-22-19-17-14-11-8-5-2/h30H,4-29H2,1-3H3. The monoisotopic (exact) mass is 422 g/mol. The van der Waals surface area contributed by atoms with E-state index in [1.54, 1.807) is 0 Å². The van der Waals surface area contributed by atoms with Gasteiger partial charge in [-0.15, -0.1) is 0 Å². The Morgan fingerprint density at radius 2 is 0.467 bits per heavy atom. The Morgan fingerprint density at radius 1 is 0.267 bits per heavy atom. The smallest absolute Gasteiger partial charge is 0.0414 e. The minimum absolute atomic E-state index is 1.04. The Balaban J connectivity index is 3.79. The molecule has 1 unspecified atom stereocenters. The zero-order chi connectivity index (χ0) is 22.0. The van der Waals surface area contributed by atoms with Crippen molar-refractivity contribution >= 4 is 0 Å². The zero-order valence-electron chi connectivity index (χ0n) is 22.0. The first kappa shape index (κ1) is 30.0. The van der Waals surface area contributed by atoms with Gasteiger partial charge in [-0.3, -0.25) is 0 Å². The minimum Gasteiger partial charge on any atom is -0.0654 e. The van der Waals surface area contributed by atoms with Gasteiger partial charge in [0.2, 0.25) is 0 Å². The third-order valence-corrected chi connectivity index (χ3v) is 7.15. The van der Waals surface area contributed by atoms with E-state index in [4.69, 9.17) is 0 Å². The predicted molar refractivity (Wildman–Crippen MR) is 141 cm³/mol. The van der Waals surface area contributed by atoms with Crippen LogP contribution in [0.2, 0.25) is 0 Å². The van der Waals surface area contributed by atoms with Gasteiger partial charge in [-0.05, 0) is 5.92 Å². The van der Waals surface area contributed by atoms with Gasteiger partial charge in [0.15, 0.2) is 0 Å². The normalized spacial score (nSPS) is 12.5. The maximum Gasteiger partial charge on any atom is -0.0414 e. The minimum atomic E-state index is 1.04. The molecule has 0 N–H and O–H groups in total. The van der Waals surface area contributed by atoms with Gasteiger partial charge in [-0.25, -0.2) is 0 Å². The van der Waals surface area contributed by atoms with Crippen LogP contribution in [0.15, 0.2) is 0 Å². The summed E-state index contributed by atoms with van der Waals surface area (Å²) in [7, 11) is 0. The van der Waals surface area contributed by atoms with Crippen molar-refractivity contribution in [3.63, 3.8) is 0 Å². The molecule has 0 aliphatic heterocycles. The Hall–Kier alpha value is 0. The van der Waals surface area contributed by atoms with Crippen molar-refractivity contribution in [3.05, 3.63) is 0 Å². The van der Waals surface area contributed by atoms with Gasteiger partial charge < -0.3 is 0 Å². The third-order valence-electron chi connectivity index (χ3n) is 7.15. The van der Waals surface area contributed by atoms with E-state index in [1.165, 1.54) is 167 Å². The van der Waals surface area contributed by atoms with Crippen LogP contribution in [0.25, 0.3) is 0 Å². The van der Waals surface area contributed by atoms with E-state index in [0.717, 1.165) is 5.92 Å². The fraction of sp³-hybridized carbons (Fsp3) is 1.00. The van der Waals surface area contributed by atoms with Crippen molar-refractivity contribution in [1.29, 1.82) is 0 Å². The second kappa shape index (κ2) is 27.0. The van der Waals surface area contributed by atoms with Crippen LogP contribution in [0.4, 0.5) is 0 Å². The summed E-state index contributed by atoms with van der Waals surface area (Å²) in [6.45, 7) is 6.96. The molecule has 0 spiro atoms. The molecule has 0 heteroatoms. The molecule has 0 rings (SSSR count). The van der Waals surface area contributed by atoms with Gasteiger partial charge in [-0.1, -0.05) is 188 Å². The van der Waals surface area contributed by atoms with Crippen LogP contribution < -0.4 is 0 Å². The molecule has 0 heterocycles. The summed E-state index contributed by atoms with van der Waals surface area (Å²) in [6, 6.07) is 0. The van der Waals surface area contributed by atoms with Crippen LogP contribution >= 0.6 is 0 Å². The molecule has 0 amide bonds. The Labute approximate surface area is 193 Å². The summed E-state index contributed by atoms with van der Waals surface area (Å²) < 4.78 is 0. The number of hydrogen-bond acceptors (Lipinski definition) is 0. The summed E-state index contributed by atoms with van der Waals surface area (Å²) >= 11 is 0. The molecule has 0 aromatic rings. The van der Waals surface area contributed by atoms with Crippen molar-refractivity contribution in [2.45, 2.75) is 188 Å². The fourth-order valence-electron chi connectivity index (χ4n) is 4.96. The topological polar surface area (TPSA) is 0 Å². The first-order valence-corrected chi connectivity index (χ1v) is 14.8. The van der Waals surface area contributed by atoms with E-state index >= 15 is 0 Å². The van der Waals surface area contributed by atoms with Crippen LogP contribution in [0, 0.1) is 5.92 Å². The highest BCUT2D eigenvalue weighted by atomic mass is 14.1. The average Bonchev–Trinajstić information content (AvgIpc) is 2.76. The third kappa shape index (κ3) is 24.3. The average molecular weight is 423 g/mol. The van der Waals surface area contributed by atoms with Gasteiger partial charge in [0, 0.05) is 0 Å². The molecule has 30 heavy (non-hydrogen) atoms. The van der Waals surface area contributed by atoms with Crippen LogP contribution in [-0.4, -0.2) is 0 Å². The highest BCUT2D eigenvalue weighted by Crippen LogP contribution is 2.25. The molecule has 0 aliphatic rings. The van der Waals surface area contributed by atoms with Gasteiger partial charge in [-0.2, -0.15) is 0 Å². The van der Waals surface area contributed by atoms with E-state index in [9.17, 15) is 0 Å². The lowest BCUT2D eigenvalue weighted by Gasteiger charge is -2.17. The Bertz CT molecular complexity index is 282. The molecule has 0 aromatic heterocycles. The number of unbranched alkanes of at least 4 members (excludes halogenated alkanes) is 20. The zero-order valence-corrected chi connectivity index (χ0v) is 22.0. The highest BCUT2D eigenvalue weighted by Gasteiger charge is 2.08. The molecular formula is C30H62. The van der Waals surface area contributed by atoms with Gasteiger partial charge in [0.05, 0.1) is 0 Å². The second-order valence-corrected chi connectivity index (χ2v) is 10.3. The van der Waals surface area contributed by atoms with E-state index < -0.39 is 0 Å². The molecule has 0 nitrogen and oxygen atoms in total. The van der Waals surface area contributed by atoms with Crippen molar-refractivity contribution in [2.24, 2.45) is 5.92 Å². The molecule has 0 radical (unpaired) electrons. The van der Waals surface area contributed by atoms with Crippen molar-refractivity contribution in [2.75, 3.05) is 0 Å². The second-order valence-electron chi connectivity index (χ2n) is 10.3. The van der Waals surface area contributed by atoms with E-state index in [1.807, 2.05) is 0 Å². The lowest BCUT2D eigenvalue weighted by atomic mass is 9.89. The number of hydrogen-bond donors (Lipinski definition) is 0. The fourth-order valence-corrected chi connectivity index (χ4v) is 4.96. The summed E-state index contributed by atoms with van der Waals surface area (Å²) in [4.78, 5) is 0. The first-order chi connectivity index (χ1) is 14.8. The molecule has 0 saturated carbocycles. The molecule has 0 aliphatic carbocycles. The lowest BCUT2D eigenvalue weighted by molar-refractivity contribution is 0.365. The molecule has 0 bridgehead atoms. The quantitative estimate of drug-likeness (QED) is 0.122. The van der Waals surface area contributed by atoms with Crippen LogP contribution in [0.3, 0.4) is 0 Å². The SMILES string of the molecule is CCCCCCCCCCCC(CCCCCCCC)CCCCCCCCCC. The maximum atomic E-state index is 2.32. The van der Waals surface area contributed by atoms with E-state index in [0.29, 0.717) is 0 Å². The van der Waals surface area contributed by atoms with Crippen molar-refractivity contribution in [3.8, 4) is 0 Å². The summed E-state index contributed by atoms with van der Waals surface area (Å²) in [5, 5.41) is 0. The summed E-state index contributed by atoms with van der Waals surface area (Å²) in [5.74, 6) is 1.04. The molecule has 0 saturated heterocycles. The van der Waals surface area contributed by atoms with Gasteiger partial charge >= 0.3 is 0 Å². The Kier molecular flexibility index (Phi) is 27.0. The predicted octanol–water partition coefficient (Wildman–Crippen LogP) is 11.8. The van der Waals surface area contributed by atoms with Crippen molar-refractivity contribution < 1.29 is 0 Å². The lowest BCUT2D eigenvalue weighted by Crippen LogP contribution is -2.01. The molecule has 1 atom stereocenters. The molecule has 182 valence electrons. The van der Waals surface area contributed by atoms with Crippen LogP contribution in [0.5, 0.6) is 0 Å². The highest BCUT2D eigenvalue weighted by molar-refractivity contribution is 4.62. The van der Waals surface area contributed by atoms with Crippen molar-refractivity contribution in [1.82, 2.24) is 0 Å². The number of rotatable bonds is 26. The van der Waals surface area contributed by atoms with E-state index in [-0.39, 0.29) is 0 Å². The summed E-state index contributed by atoms with van der Waals surface area (Å²) in [5.41, 5.74) is 0. The van der Waals surface area contributed by atoms with Gasteiger partial charge in [0.1, 0.15) is 0 Å². The van der Waals surface area contributed by atoms with Crippen LogP contribution in [-0.2, 0) is 0 Å². The first-order valence-electron chi connectivity index (χ1n) is 14.8. The summed E-state index contributed by atoms with van der Waals surface area (Å²) in [6.07, 6.45) is 38.3. The molecule has 0 fully saturated rings. The maximum absolute atomic E-state index is 2.32. The van der Waals surface area contributed by atoms with Crippen LogP contribution in [0.1, 0.15) is 188 Å². The Morgan fingerprint density at radius 3 is 0.700 bits per heavy atom. The largest absolute Gasteiger partial charge is 0.0654 e. The molecule has 0 aromatic carbocycles.